The molecule has 0 atom stereocenters. The van der Waals surface area contributed by atoms with Crippen LogP contribution in [-0.2, 0) is 13.6 Å². The van der Waals surface area contributed by atoms with Crippen LogP contribution in [0.3, 0.4) is 0 Å². The molecule has 0 spiro atoms. The maximum absolute atomic E-state index is 4.33. The predicted octanol–water partition coefficient (Wildman–Crippen LogP) is 3.00. The van der Waals surface area contributed by atoms with Crippen molar-refractivity contribution in [3.63, 3.8) is 0 Å². The summed E-state index contributed by atoms with van der Waals surface area (Å²) in [6, 6.07) is 9.55. The van der Waals surface area contributed by atoms with Gasteiger partial charge >= 0.3 is 0 Å². The lowest BCUT2D eigenvalue weighted by molar-refractivity contribution is 0.192. The molecule has 4 nitrogen and oxygen atoms in total. The minimum absolute atomic E-state index is 0. The van der Waals surface area contributed by atoms with Crippen LogP contribution in [0.4, 0.5) is 0 Å². The number of piperidine rings is 1. The lowest BCUT2D eigenvalue weighted by atomic mass is 9.99. The Morgan fingerprint density at radius 3 is 2.65 bits per heavy atom. The first-order valence-electron chi connectivity index (χ1n) is 8.14. The highest BCUT2D eigenvalue weighted by Gasteiger charge is 2.19. The molecular formula is C18H27ClN4. The van der Waals surface area contributed by atoms with Gasteiger partial charge in [0.1, 0.15) is 0 Å². The van der Waals surface area contributed by atoms with E-state index in [-0.39, 0.29) is 12.4 Å². The Bertz CT molecular complexity index is 632. The van der Waals surface area contributed by atoms with E-state index in [4.69, 9.17) is 0 Å². The van der Waals surface area contributed by atoms with Crippen LogP contribution < -0.4 is 5.32 Å². The van der Waals surface area contributed by atoms with E-state index in [9.17, 15) is 0 Å². The first-order valence-corrected chi connectivity index (χ1v) is 8.14. The average molecular weight is 335 g/mol. The number of nitrogens with zero attached hydrogens (tertiary/aromatic N) is 3. The molecule has 2 heterocycles. The Kier molecular flexibility index (Phi) is 6.22. The molecule has 0 saturated carbocycles. The molecule has 1 aromatic carbocycles. The van der Waals surface area contributed by atoms with Crippen molar-refractivity contribution in [3.05, 3.63) is 41.6 Å². The quantitative estimate of drug-likeness (QED) is 0.933. The Morgan fingerprint density at radius 1 is 1.26 bits per heavy atom. The van der Waals surface area contributed by atoms with Crippen molar-refractivity contribution in [1.82, 2.24) is 20.0 Å². The van der Waals surface area contributed by atoms with Gasteiger partial charge in [0.2, 0.25) is 0 Å². The zero-order valence-electron chi connectivity index (χ0n) is 14.2. The Morgan fingerprint density at radius 2 is 2.00 bits per heavy atom. The van der Waals surface area contributed by atoms with Crippen LogP contribution >= 0.6 is 12.4 Å². The molecular weight excluding hydrogens is 308 g/mol. The summed E-state index contributed by atoms with van der Waals surface area (Å²) in [6.07, 6.45) is 4.35. The van der Waals surface area contributed by atoms with Gasteiger partial charge in [0, 0.05) is 31.4 Å². The van der Waals surface area contributed by atoms with Crippen molar-refractivity contribution in [3.8, 4) is 11.3 Å². The largest absolute Gasteiger partial charge is 0.317 e. The molecule has 0 aliphatic carbocycles. The van der Waals surface area contributed by atoms with Crippen LogP contribution in [0.1, 0.15) is 24.0 Å². The molecule has 0 unspecified atom stereocenters. The second kappa shape index (κ2) is 7.95. The lowest BCUT2D eigenvalue weighted by Gasteiger charge is -2.32. The Hall–Kier alpha value is -1.36. The number of hydrogen-bond acceptors (Lipinski definition) is 3. The van der Waals surface area contributed by atoms with Crippen LogP contribution in [0.5, 0.6) is 0 Å². The molecule has 1 fully saturated rings. The molecule has 0 amide bonds. The summed E-state index contributed by atoms with van der Waals surface area (Å²) in [5.41, 5.74) is 5.18. The number of hydrogen-bond donors (Lipinski definition) is 1. The van der Waals surface area contributed by atoms with E-state index < -0.39 is 0 Å². The second-order valence-corrected chi connectivity index (χ2v) is 6.40. The van der Waals surface area contributed by atoms with Crippen LogP contribution in [0.15, 0.2) is 30.5 Å². The van der Waals surface area contributed by atoms with E-state index >= 15 is 0 Å². The molecule has 1 saturated heterocycles. The molecule has 1 N–H and O–H groups in total. The van der Waals surface area contributed by atoms with Crippen molar-refractivity contribution in [1.29, 1.82) is 0 Å². The highest BCUT2D eigenvalue weighted by atomic mass is 35.5. The van der Waals surface area contributed by atoms with Crippen molar-refractivity contribution in [2.75, 3.05) is 20.1 Å². The number of aromatic nitrogens is 2. The molecule has 23 heavy (non-hydrogen) atoms. The standard InChI is InChI=1S/C18H26N4.ClH/c1-14-4-5-15(13-21(2)16-6-9-19-10-7-16)17(12-14)18-8-11-20-22(18)3;/h4-5,8,11-12,16,19H,6-7,9-10,13H2,1-3H3;1H. The molecule has 5 heteroatoms. The van der Waals surface area contributed by atoms with Gasteiger partial charge in [-0.1, -0.05) is 17.7 Å². The molecule has 0 bridgehead atoms. The van der Waals surface area contributed by atoms with Crippen molar-refractivity contribution >= 4 is 12.4 Å². The number of rotatable bonds is 4. The van der Waals surface area contributed by atoms with Gasteiger partial charge in [-0.15, -0.1) is 12.4 Å². The zero-order chi connectivity index (χ0) is 15.5. The van der Waals surface area contributed by atoms with Crippen molar-refractivity contribution in [2.24, 2.45) is 7.05 Å². The number of aryl methyl sites for hydroxylation is 2. The number of benzene rings is 1. The van der Waals surface area contributed by atoms with Gasteiger partial charge in [-0.2, -0.15) is 5.10 Å². The average Bonchev–Trinajstić information content (AvgIpc) is 2.96. The maximum atomic E-state index is 4.33. The normalized spacial score (nSPS) is 15.7. The van der Waals surface area contributed by atoms with Crippen LogP contribution in [-0.4, -0.2) is 40.9 Å². The van der Waals surface area contributed by atoms with E-state index in [0.29, 0.717) is 6.04 Å². The van der Waals surface area contributed by atoms with E-state index in [1.54, 1.807) is 0 Å². The highest BCUT2D eigenvalue weighted by Crippen LogP contribution is 2.26. The van der Waals surface area contributed by atoms with Gasteiger partial charge in [0.25, 0.3) is 0 Å². The fraction of sp³-hybridized carbons (Fsp3) is 0.500. The summed E-state index contributed by atoms with van der Waals surface area (Å²) in [4.78, 5) is 2.51. The molecule has 1 aliphatic heterocycles. The third-order valence-electron chi connectivity index (χ3n) is 4.71. The number of nitrogens with one attached hydrogen (secondary N) is 1. The van der Waals surface area contributed by atoms with Gasteiger partial charge in [-0.3, -0.25) is 9.58 Å². The van der Waals surface area contributed by atoms with Gasteiger partial charge in [-0.05, 0) is 57.6 Å². The molecule has 2 aromatic rings. The summed E-state index contributed by atoms with van der Waals surface area (Å²) in [7, 11) is 4.26. The third kappa shape index (κ3) is 4.14. The number of halogens is 1. The van der Waals surface area contributed by atoms with E-state index in [1.807, 2.05) is 17.9 Å². The minimum Gasteiger partial charge on any atom is -0.317 e. The summed E-state index contributed by atoms with van der Waals surface area (Å²) < 4.78 is 1.96. The molecule has 3 rings (SSSR count). The van der Waals surface area contributed by atoms with E-state index in [0.717, 1.165) is 19.6 Å². The fourth-order valence-corrected chi connectivity index (χ4v) is 3.35. The Balaban J connectivity index is 0.00000192. The van der Waals surface area contributed by atoms with Crippen molar-refractivity contribution < 1.29 is 0 Å². The third-order valence-corrected chi connectivity index (χ3v) is 4.71. The summed E-state index contributed by atoms with van der Waals surface area (Å²) >= 11 is 0. The first kappa shape index (κ1) is 18.0. The lowest BCUT2D eigenvalue weighted by Crippen LogP contribution is -2.40. The summed E-state index contributed by atoms with van der Waals surface area (Å²) in [5, 5.41) is 7.77. The summed E-state index contributed by atoms with van der Waals surface area (Å²) in [5.74, 6) is 0. The summed E-state index contributed by atoms with van der Waals surface area (Å²) in [6.45, 7) is 5.42. The van der Waals surface area contributed by atoms with Crippen LogP contribution in [0, 0.1) is 6.92 Å². The molecule has 1 aromatic heterocycles. The first-order chi connectivity index (χ1) is 10.6. The molecule has 1 aliphatic rings. The smallest absolute Gasteiger partial charge is 0.0682 e. The van der Waals surface area contributed by atoms with Gasteiger partial charge in [-0.25, -0.2) is 0 Å². The Labute approximate surface area is 145 Å². The van der Waals surface area contributed by atoms with Gasteiger partial charge in [0.15, 0.2) is 0 Å². The monoisotopic (exact) mass is 334 g/mol. The topological polar surface area (TPSA) is 33.1 Å². The van der Waals surface area contributed by atoms with Crippen LogP contribution in [0.25, 0.3) is 11.3 Å². The minimum atomic E-state index is 0. The predicted molar refractivity (Wildman–Crippen MR) is 98.0 cm³/mol. The molecule has 0 radical (unpaired) electrons. The fourth-order valence-electron chi connectivity index (χ4n) is 3.35. The zero-order valence-corrected chi connectivity index (χ0v) is 15.1. The second-order valence-electron chi connectivity index (χ2n) is 6.40. The van der Waals surface area contributed by atoms with E-state index in [1.165, 1.54) is 35.2 Å². The highest BCUT2D eigenvalue weighted by molar-refractivity contribution is 5.85. The molecule has 126 valence electrons. The van der Waals surface area contributed by atoms with Crippen molar-refractivity contribution in [2.45, 2.75) is 32.4 Å². The maximum Gasteiger partial charge on any atom is 0.0682 e. The van der Waals surface area contributed by atoms with Crippen LogP contribution in [0.2, 0.25) is 0 Å². The van der Waals surface area contributed by atoms with Gasteiger partial charge < -0.3 is 5.32 Å². The van der Waals surface area contributed by atoms with E-state index in [2.05, 4.69) is 53.6 Å². The SMILES string of the molecule is Cc1ccc(CN(C)C2CCNCC2)c(-c2ccnn2C)c1.Cl. The van der Waals surface area contributed by atoms with Gasteiger partial charge in [0.05, 0.1) is 5.69 Å².